The van der Waals surface area contributed by atoms with Crippen LogP contribution in [0, 0.1) is 0 Å². The van der Waals surface area contributed by atoms with Crippen molar-refractivity contribution in [2.75, 3.05) is 13.2 Å². The van der Waals surface area contributed by atoms with Crippen molar-refractivity contribution in [2.24, 2.45) is 0 Å². The Kier molecular flexibility index (Phi) is 7.60. The van der Waals surface area contributed by atoms with Crippen molar-refractivity contribution in [3.63, 3.8) is 0 Å². The highest BCUT2D eigenvalue weighted by Gasteiger charge is 2.93. The van der Waals surface area contributed by atoms with Gasteiger partial charge in [-0.25, -0.2) is 0 Å². The molecule has 0 aromatic heterocycles. The van der Waals surface area contributed by atoms with Crippen LogP contribution in [0.3, 0.4) is 0 Å². The summed E-state index contributed by atoms with van der Waals surface area (Å²) in [5.41, 5.74) is -2.67. The Labute approximate surface area is 167 Å². The van der Waals surface area contributed by atoms with E-state index in [9.17, 15) is 66.3 Å². The minimum Gasteiger partial charge on any atom is -0.394 e. The monoisotopic (exact) mass is 517 g/mol. The van der Waals surface area contributed by atoms with Crippen molar-refractivity contribution < 1.29 is 76.5 Å². The number of amides is 1. The van der Waals surface area contributed by atoms with Gasteiger partial charge >= 0.3 is 40.9 Å². The normalized spacial score (nSPS) is 15.8. The molecule has 0 aliphatic carbocycles. The summed E-state index contributed by atoms with van der Waals surface area (Å²) in [7, 11) is 0. The van der Waals surface area contributed by atoms with Crippen LogP contribution < -0.4 is 5.32 Å². The van der Waals surface area contributed by atoms with Gasteiger partial charge in [-0.15, -0.1) is 0 Å². The summed E-state index contributed by atoms with van der Waals surface area (Å²) in [6.45, 7) is -2.65. The quantitative estimate of drug-likeness (QED) is 0.307. The Morgan fingerprint density at radius 3 is 1.26 bits per heavy atom. The Bertz CT molecular complexity index is 674. The smallest absolute Gasteiger partial charge is 0.393 e. The molecule has 0 aliphatic heterocycles. The second kappa shape index (κ2) is 7.93. The number of aliphatic hydroxyl groups excluding tert-OH is 2. The van der Waals surface area contributed by atoms with Gasteiger partial charge in [0.2, 0.25) is 0 Å². The highest BCUT2D eigenvalue weighted by atomic mass is 35.5. The van der Waals surface area contributed by atoms with E-state index >= 15 is 0 Å². The summed E-state index contributed by atoms with van der Waals surface area (Å²) in [4.78, 5) is 11.2. The predicted molar refractivity (Wildman–Crippen MR) is 71.2 cm³/mol. The van der Waals surface area contributed by atoms with Gasteiger partial charge in [-0.1, -0.05) is 0 Å². The van der Waals surface area contributed by atoms with E-state index in [4.69, 9.17) is 10.2 Å². The predicted octanol–water partition coefficient (Wildman–Crippen LogP) is 3.49. The van der Waals surface area contributed by atoms with Gasteiger partial charge in [-0.05, 0) is 18.5 Å². The molecule has 0 saturated heterocycles. The molecule has 0 aromatic rings. The minimum atomic E-state index is -8.35. The third kappa shape index (κ3) is 4.21. The van der Waals surface area contributed by atoms with Crippen LogP contribution in [0.25, 0.3) is 0 Å². The number of hydrogen-bond acceptors (Lipinski definition) is 3. The van der Waals surface area contributed by atoms with E-state index in [1.54, 1.807) is 0 Å². The van der Waals surface area contributed by atoms with Crippen LogP contribution in [0.15, 0.2) is 0 Å². The maximum Gasteiger partial charge on any atom is 0.393 e. The summed E-state index contributed by atoms with van der Waals surface area (Å²) in [6, 6.07) is 0. The fourth-order valence-electron chi connectivity index (χ4n) is 1.59. The van der Waals surface area contributed by atoms with Crippen LogP contribution in [0.2, 0.25) is 0 Å². The van der Waals surface area contributed by atoms with Gasteiger partial charge in [-0.2, -0.15) is 61.5 Å². The molecule has 0 spiro atoms. The summed E-state index contributed by atoms with van der Waals surface area (Å²) >= 11 is 3.44. The van der Waals surface area contributed by atoms with Crippen LogP contribution in [0.1, 0.15) is 6.92 Å². The molecular formula is C12H10ClF14NO3. The molecule has 0 saturated carbocycles. The lowest BCUT2D eigenvalue weighted by molar-refractivity contribution is -0.431. The topological polar surface area (TPSA) is 69.6 Å². The Morgan fingerprint density at radius 2 is 0.968 bits per heavy atom. The molecule has 19 heteroatoms. The fraction of sp³-hybridized carbons (Fsp3) is 0.917. The Balaban J connectivity index is 6.53. The van der Waals surface area contributed by atoms with Crippen molar-refractivity contribution in [2.45, 2.75) is 53.4 Å². The summed E-state index contributed by atoms with van der Waals surface area (Å²) < 4.78 is 185. The fourth-order valence-corrected chi connectivity index (χ4v) is 1.71. The summed E-state index contributed by atoms with van der Waals surface area (Å²) in [5, 5.41) is 11.3. The standard InChI is InChI=1S/C12H10ClF14NO3/c1-5(2-29,3-30)28-4(31)6(14,15)7(16,17)8(18,19)9(20,21)10(22,23)11(24,25)12(13,26)27/h29-30H,2-3H2,1H3,(H,28,31). The highest BCUT2D eigenvalue weighted by Crippen LogP contribution is 2.62. The molecule has 0 radical (unpaired) electrons. The number of hydrogen-bond donors (Lipinski definition) is 3. The van der Waals surface area contributed by atoms with Crippen molar-refractivity contribution in [1.29, 1.82) is 0 Å². The van der Waals surface area contributed by atoms with E-state index in [-0.39, 0.29) is 0 Å². The lowest BCUT2D eigenvalue weighted by Gasteiger charge is -2.41. The van der Waals surface area contributed by atoms with Gasteiger partial charge in [0.15, 0.2) is 0 Å². The number of rotatable bonds is 10. The van der Waals surface area contributed by atoms with Crippen LogP contribution in [-0.4, -0.2) is 75.8 Å². The minimum absolute atomic E-state index is 0.434. The molecule has 0 atom stereocenters. The van der Waals surface area contributed by atoms with Crippen molar-refractivity contribution in [3.05, 3.63) is 0 Å². The van der Waals surface area contributed by atoms with Gasteiger partial charge in [0, 0.05) is 0 Å². The van der Waals surface area contributed by atoms with Crippen molar-refractivity contribution in [1.82, 2.24) is 5.32 Å². The third-order valence-corrected chi connectivity index (χ3v) is 3.96. The third-order valence-electron chi connectivity index (χ3n) is 3.73. The van der Waals surface area contributed by atoms with Crippen LogP contribution in [0.4, 0.5) is 61.5 Å². The largest absolute Gasteiger partial charge is 0.394 e. The second-order valence-corrected chi connectivity index (χ2v) is 6.75. The van der Waals surface area contributed by atoms with E-state index < -0.39 is 65.6 Å². The molecule has 0 bridgehead atoms. The molecule has 0 aliphatic rings. The van der Waals surface area contributed by atoms with Gasteiger partial charge in [0.05, 0.1) is 18.8 Å². The molecule has 0 unspecified atom stereocenters. The summed E-state index contributed by atoms with van der Waals surface area (Å²) in [5.74, 6) is -51.2. The average Bonchev–Trinajstić information content (AvgIpc) is 2.59. The second-order valence-electron chi connectivity index (χ2n) is 6.28. The molecule has 31 heavy (non-hydrogen) atoms. The van der Waals surface area contributed by atoms with Gasteiger partial charge in [0.25, 0.3) is 5.91 Å². The van der Waals surface area contributed by atoms with Gasteiger partial charge < -0.3 is 15.5 Å². The van der Waals surface area contributed by atoms with Gasteiger partial charge in [-0.3, -0.25) is 4.79 Å². The molecule has 1 amide bonds. The maximum atomic E-state index is 13.6. The number of carbonyl (C=O) groups excluding carboxylic acids is 1. The first-order valence-corrected chi connectivity index (χ1v) is 7.51. The van der Waals surface area contributed by atoms with Crippen LogP contribution in [-0.2, 0) is 4.79 Å². The molecule has 0 rings (SSSR count). The SMILES string of the molecule is CC(CO)(CO)NC(=O)C(F)(F)C(F)(F)C(F)(F)C(F)(F)C(F)(F)C(F)(F)C(F)(F)Cl. The molecular weight excluding hydrogens is 508 g/mol. The van der Waals surface area contributed by atoms with Crippen LogP contribution in [0.5, 0.6) is 0 Å². The lowest BCUT2D eigenvalue weighted by atomic mass is 9.90. The number of alkyl halides is 15. The highest BCUT2D eigenvalue weighted by molar-refractivity contribution is 6.22. The number of halogens is 15. The number of carbonyl (C=O) groups is 1. The number of nitrogens with one attached hydrogen (secondary N) is 1. The molecule has 0 fully saturated rings. The molecule has 3 N–H and O–H groups in total. The van der Waals surface area contributed by atoms with E-state index in [0.717, 1.165) is 0 Å². The van der Waals surface area contributed by atoms with Gasteiger partial charge in [0.1, 0.15) is 0 Å². The van der Waals surface area contributed by atoms with E-state index in [1.807, 2.05) is 0 Å². The van der Waals surface area contributed by atoms with E-state index in [2.05, 4.69) is 11.6 Å². The van der Waals surface area contributed by atoms with Crippen molar-refractivity contribution in [3.8, 4) is 0 Å². The summed E-state index contributed by atoms with van der Waals surface area (Å²) in [6.07, 6.45) is 0. The van der Waals surface area contributed by atoms with E-state index in [0.29, 0.717) is 12.2 Å². The zero-order chi connectivity index (χ0) is 25.7. The molecule has 4 nitrogen and oxygen atoms in total. The van der Waals surface area contributed by atoms with E-state index in [1.165, 1.54) is 0 Å². The first kappa shape index (κ1) is 29.7. The van der Waals surface area contributed by atoms with Crippen LogP contribution >= 0.6 is 11.6 Å². The first-order valence-electron chi connectivity index (χ1n) is 7.13. The maximum absolute atomic E-state index is 13.6. The Hall–Kier alpha value is -1.30. The molecule has 0 aromatic carbocycles. The Morgan fingerprint density at radius 1 is 0.677 bits per heavy atom. The molecule has 186 valence electrons. The average molecular weight is 518 g/mol. The molecule has 0 heterocycles. The lowest BCUT2D eigenvalue weighted by Crippen LogP contribution is -2.74. The zero-order valence-electron chi connectivity index (χ0n) is 14.4. The number of aliphatic hydroxyl groups is 2. The first-order chi connectivity index (χ1) is 13.2. The zero-order valence-corrected chi connectivity index (χ0v) is 15.1. The van der Waals surface area contributed by atoms with Crippen molar-refractivity contribution >= 4 is 17.5 Å².